The normalized spacial score (nSPS) is 12.2. The van der Waals surface area contributed by atoms with E-state index in [1.54, 1.807) is 18.0 Å². The smallest absolute Gasteiger partial charge is 0.256 e. The van der Waals surface area contributed by atoms with Crippen LogP contribution < -0.4 is 5.73 Å². The van der Waals surface area contributed by atoms with Gasteiger partial charge in [-0.3, -0.25) is 4.79 Å². The number of aromatic nitrogens is 1. The lowest BCUT2D eigenvalue weighted by molar-refractivity contribution is 0.0775. The molecule has 0 aliphatic carbocycles. The molecule has 1 aromatic rings. The zero-order valence-electron chi connectivity index (χ0n) is 10.4. The number of nitrogens with zero attached hydrogens (tertiary/aromatic N) is 2. The molecule has 0 spiro atoms. The molecule has 1 rings (SSSR count). The molecule has 0 aromatic carbocycles. The maximum atomic E-state index is 12.1. The third kappa shape index (κ3) is 3.60. The van der Waals surface area contributed by atoms with Crippen LogP contribution in [0.2, 0.25) is 5.15 Å². The molecule has 94 valence electrons. The number of anilines is 1. The van der Waals surface area contributed by atoms with Crippen molar-refractivity contribution >= 4 is 23.2 Å². The highest BCUT2D eigenvalue weighted by atomic mass is 35.5. The van der Waals surface area contributed by atoms with Crippen LogP contribution in [0.5, 0.6) is 0 Å². The summed E-state index contributed by atoms with van der Waals surface area (Å²) >= 11 is 5.89. The second-order valence-electron chi connectivity index (χ2n) is 4.31. The molecular weight excluding hydrogens is 238 g/mol. The fraction of sp³-hybridized carbons (Fsp3) is 0.500. The van der Waals surface area contributed by atoms with Crippen LogP contribution in [0.25, 0.3) is 0 Å². The maximum absolute atomic E-state index is 12.1. The van der Waals surface area contributed by atoms with Gasteiger partial charge < -0.3 is 10.6 Å². The average molecular weight is 256 g/mol. The van der Waals surface area contributed by atoms with E-state index in [2.05, 4.69) is 18.8 Å². The Morgan fingerprint density at radius 1 is 1.65 bits per heavy atom. The lowest BCUT2D eigenvalue weighted by Crippen LogP contribution is -2.31. The number of hydrogen-bond acceptors (Lipinski definition) is 3. The van der Waals surface area contributed by atoms with E-state index < -0.39 is 0 Å². The van der Waals surface area contributed by atoms with E-state index in [0.717, 1.165) is 6.42 Å². The van der Waals surface area contributed by atoms with Crippen molar-refractivity contribution in [1.82, 2.24) is 9.88 Å². The Morgan fingerprint density at radius 2 is 2.29 bits per heavy atom. The number of halogens is 1. The van der Waals surface area contributed by atoms with Crippen molar-refractivity contribution in [2.24, 2.45) is 5.92 Å². The molecule has 2 N–H and O–H groups in total. The van der Waals surface area contributed by atoms with E-state index >= 15 is 0 Å². The number of hydrogen-bond donors (Lipinski definition) is 1. The molecule has 0 saturated heterocycles. The molecule has 0 radical (unpaired) electrons. The summed E-state index contributed by atoms with van der Waals surface area (Å²) in [7, 11) is 1.76. The van der Waals surface area contributed by atoms with Crippen LogP contribution >= 0.6 is 11.6 Å². The summed E-state index contributed by atoms with van der Waals surface area (Å²) in [6, 6.07) is 1.56. The van der Waals surface area contributed by atoms with Crippen molar-refractivity contribution in [1.29, 1.82) is 0 Å². The third-order valence-electron chi connectivity index (χ3n) is 2.72. The Hall–Kier alpha value is -1.29. The van der Waals surface area contributed by atoms with Gasteiger partial charge in [-0.15, -0.1) is 0 Å². The summed E-state index contributed by atoms with van der Waals surface area (Å²) in [5.74, 6) is 0.312. The van der Waals surface area contributed by atoms with E-state index in [1.165, 1.54) is 6.20 Å². The first-order valence-electron chi connectivity index (χ1n) is 5.62. The van der Waals surface area contributed by atoms with Gasteiger partial charge >= 0.3 is 0 Å². The molecule has 1 heterocycles. The molecule has 0 saturated carbocycles. The van der Waals surface area contributed by atoms with Crippen LogP contribution in [0.3, 0.4) is 0 Å². The Labute approximate surface area is 107 Å². The highest BCUT2D eigenvalue weighted by Crippen LogP contribution is 2.18. The first kappa shape index (κ1) is 13.8. The second-order valence-corrected chi connectivity index (χ2v) is 4.66. The van der Waals surface area contributed by atoms with Crippen molar-refractivity contribution < 1.29 is 4.79 Å². The molecule has 1 aromatic heterocycles. The average Bonchev–Trinajstić information content (AvgIpc) is 2.31. The minimum atomic E-state index is -0.143. The number of pyridine rings is 1. The van der Waals surface area contributed by atoms with Crippen LogP contribution in [0.15, 0.2) is 12.3 Å². The van der Waals surface area contributed by atoms with Gasteiger partial charge in [0, 0.05) is 13.6 Å². The van der Waals surface area contributed by atoms with Gasteiger partial charge in [0.05, 0.1) is 17.4 Å². The molecule has 0 fully saturated rings. The van der Waals surface area contributed by atoms with Crippen LogP contribution in [0.4, 0.5) is 5.69 Å². The highest BCUT2D eigenvalue weighted by Gasteiger charge is 2.17. The Kier molecular flexibility index (Phi) is 4.75. The van der Waals surface area contributed by atoms with Gasteiger partial charge in [0.25, 0.3) is 5.91 Å². The standard InChI is InChI=1S/C12H18ClN3O/c1-4-8(2)7-16(3)12(17)10-5-9(14)6-15-11(10)13/h5-6,8H,4,7,14H2,1-3H3. The van der Waals surface area contributed by atoms with Gasteiger partial charge in [-0.1, -0.05) is 31.9 Å². The Balaban J connectivity index is 2.85. The molecule has 0 bridgehead atoms. The summed E-state index contributed by atoms with van der Waals surface area (Å²) in [6.45, 7) is 4.89. The van der Waals surface area contributed by atoms with Gasteiger partial charge in [0.2, 0.25) is 0 Å². The summed E-state index contributed by atoms with van der Waals surface area (Å²) in [5, 5.41) is 0.195. The number of carbonyl (C=O) groups is 1. The van der Waals surface area contributed by atoms with Crippen molar-refractivity contribution in [3.63, 3.8) is 0 Å². The van der Waals surface area contributed by atoms with Gasteiger partial charge in [-0.25, -0.2) is 4.98 Å². The molecule has 0 aliphatic rings. The molecule has 0 aliphatic heterocycles. The third-order valence-corrected chi connectivity index (χ3v) is 3.02. The lowest BCUT2D eigenvalue weighted by atomic mass is 10.1. The molecule has 4 nitrogen and oxygen atoms in total. The van der Waals surface area contributed by atoms with E-state index in [1.807, 2.05) is 0 Å². The first-order valence-corrected chi connectivity index (χ1v) is 6.00. The fourth-order valence-corrected chi connectivity index (χ4v) is 1.68. The monoisotopic (exact) mass is 255 g/mol. The minimum Gasteiger partial charge on any atom is -0.397 e. The summed E-state index contributed by atoms with van der Waals surface area (Å²) in [5.41, 5.74) is 6.40. The van der Waals surface area contributed by atoms with Crippen LogP contribution in [-0.2, 0) is 0 Å². The summed E-state index contributed by atoms with van der Waals surface area (Å²) in [4.78, 5) is 17.6. The molecule has 1 atom stereocenters. The van der Waals surface area contributed by atoms with Crippen LogP contribution in [0.1, 0.15) is 30.6 Å². The largest absolute Gasteiger partial charge is 0.397 e. The van der Waals surface area contributed by atoms with E-state index in [4.69, 9.17) is 17.3 Å². The molecule has 5 heteroatoms. The minimum absolute atomic E-state index is 0.143. The van der Waals surface area contributed by atoms with Gasteiger partial charge in [0.1, 0.15) is 5.15 Å². The number of nitrogen functional groups attached to an aromatic ring is 1. The highest BCUT2D eigenvalue weighted by molar-refractivity contribution is 6.32. The van der Waals surface area contributed by atoms with Crippen molar-refractivity contribution in [2.45, 2.75) is 20.3 Å². The summed E-state index contributed by atoms with van der Waals surface area (Å²) in [6.07, 6.45) is 2.47. The van der Waals surface area contributed by atoms with Crippen molar-refractivity contribution in [2.75, 3.05) is 19.3 Å². The number of nitrogens with two attached hydrogens (primary N) is 1. The SMILES string of the molecule is CCC(C)CN(C)C(=O)c1cc(N)cnc1Cl. The van der Waals surface area contributed by atoms with Crippen LogP contribution in [0, 0.1) is 5.92 Å². The van der Waals surface area contributed by atoms with E-state index in [-0.39, 0.29) is 11.1 Å². The number of amides is 1. The lowest BCUT2D eigenvalue weighted by Gasteiger charge is -2.21. The molecule has 1 amide bonds. The van der Waals surface area contributed by atoms with Gasteiger partial charge in [-0.05, 0) is 12.0 Å². The first-order chi connectivity index (χ1) is 7.95. The number of rotatable bonds is 4. The topological polar surface area (TPSA) is 59.2 Å². The predicted molar refractivity (Wildman–Crippen MR) is 70.1 cm³/mol. The Morgan fingerprint density at radius 3 is 2.88 bits per heavy atom. The van der Waals surface area contributed by atoms with Crippen molar-refractivity contribution in [3.05, 3.63) is 23.0 Å². The summed E-state index contributed by atoms with van der Waals surface area (Å²) < 4.78 is 0. The zero-order valence-corrected chi connectivity index (χ0v) is 11.2. The Bertz CT molecular complexity index is 409. The van der Waals surface area contributed by atoms with Crippen molar-refractivity contribution in [3.8, 4) is 0 Å². The fourth-order valence-electron chi connectivity index (χ4n) is 1.50. The zero-order chi connectivity index (χ0) is 13.0. The second kappa shape index (κ2) is 5.87. The van der Waals surface area contributed by atoms with Gasteiger partial charge in [0.15, 0.2) is 0 Å². The molecular formula is C12H18ClN3O. The molecule has 1 unspecified atom stereocenters. The molecule has 17 heavy (non-hydrogen) atoms. The van der Waals surface area contributed by atoms with Crippen LogP contribution in [-0.4, -0.2) is 29.4 Å². The predicted octanol–water partition coefficient (Wildman–Crippen LogP) is 2.44. The number of carbonyl (C=O) groups excluding carboxylic acids is 1. The maximum Gasteiger partial charge on any atom is 0.256 e. The quantitative estimate of drug-likeness (QED) is 0.841. The van der Waals surface area contributed by atoms with E-state index in [0.29, 0.717) is 23.7 Å². The van der Waals surface area contributed by atoms with E-state index in [9.17, 15) is 4.79 Å². The van der Waals surface area contributed by atoms with Gasteiger partial charge in [-0.2, -0.15) is 0 Å².